The first-order chi connectivity index (χ1) is 14.5. The number of rotatable bonds is 5. The van der Waals surface area contributed by atoms with Crippen LogP contribution in [0.1, 0.15) is 11.4 Å². The van der Waals surface area contributed by atoms with Crippen molar-refractivity contribution in [1.29, 1.82) is 0 Å². The average molecular weight is 406 g/mol. The van der Waals surface area contributed by atoms with E-state index in [1.54, 1.807) is 23.1 Å². The van der Waals surface area contributed by atoms with E-state index < -0.39 is 4.92 Å². The van der Waals surface area contributed by atoms with E-state index in [1.165, 1.54) is 6.07 Å². The SMILES string of the molecule is Nc1nc(CN2CCN(C(=O)Cc3ccccc3[N+](=O)[O-])CC2)nc2ccccc12. The fourth-order valence-electron chi connectivity index (χ4n) is 3.69. The summed E-state index contributed by atoms with van der Waals surface area (Å²) in [4.78, 5) is 36.3. The maximum atomic E-state index is 12.6. The van der Waals surface area contributed by atoms with E-state index in [4.69, 9.17) is 5.73 Å². The number of para-hydroxylation sites is 2. The molecule has 0 aliphatic carbocycles. The maximum Gasteiger partial charge on any atom is 0.273 e. The lowest BCUT2D eigenvalue weighted by Crippen LogP contribution is -2.48. The number of nitro groups is 1. The van der Waals surface area contributed by atoms with Crippen LogP contribution in [0, 0.1) is 10.1 Å². The van der Waals surface area contributed by atoms with Gasteiger partial charge in [0.05, 0.1) is 23.4 Å². The molecule has 1 aromatic heterocycles. The van der Waals surface area contributed by atoms with E-state index in [9.17, 15) is 14.9 Å². The van der Waals surface area contributed by atoms with Crippen molar-refractivity contribution in [2.45, 2.75) is 13.0 Å². The largest absolute Gasteiger partial charge is 0.383 e. The molecular weight excluding hydrogens is 384 g/mol. The number of benzene rings is 2. The summed E-state index contributed by atoms with van der Waals surface area (Å²) in [5, 5.41) is 12.0. The van der Waals surface area contributed by atoms with Crippen molar-refractivity contribution < 1.29 is 9.72 Å². The second-order valence-electron chi connectivity index (χ2n) is 7.26. The van der Waals surface area contributed by atoms with Crippen LogP contribution in [-0.4, -0.2) is 56.8 Å². The van der Waals surface area contributed by atoms with E-state index >= 15 is 0 Å². The smallest absolute Gasteiger partial charge is 0.273 e. The minimum atomic E-state index is -0.449. The van der Waals surface area contributed by atoms with Gasteiger partial charge in [-0.1, -0.05) is 30.3 Å². The van der Waals surface area contributed by atoms with Gasteiger partial charge in [-0.25, -0.2) is 9.97 Å². The number of carbonyl (C=O) groups excluding carboxylic acids is 1. The summed E-state index contributed by atoms with van der Waals surface area (Å²) in [5.41, 5.74) is 7.30. The number of nitrogens with zero attached hydrogens (tertiary/aromatic N) is 5. The Morgan fingerprint density at radius 2 is 1.73 bits per heavy atom. The Kier molecular flexibility index (Phi) is 5.53. The Morgan fingerprint density at radius 1 is 1.03 bits per heavy atom. The van der Waals surface area contributed by atoms with Crippen molar-refractivity contribution >= 4 is 28.3 Å². The monoisotopic (exact) mass is 406 g/mol. The van der Waals surface area contributed by atoms with Crippen molar-refractivity contribution in [1.82, 2.24) is 19.8 Å². The minimum Gasteiger partial charge on any atom is -0.383 e. The van der Waals surface area contributed by atoms with Crippen LogP contribution < -0.4 is 5.73 Å². The second-order valence-corrected chi connectivity index (χ2v) is 7.26. The predicted octanol–water partition coefficient (Wildman–Crippen LogP) is 2.01. The number of piperazine rings is 1. The number of amides is 1. The molecule has 0 bridgehead atoms. The molecule has 2 heterocycles. The zero-order valence-corrected chi connectivity index (χ0v) is 16.4. The molecule has 9 nitrogen and oxygen atoms in total. The number of carbonyl (C=O) groups is 1. The molecule has 1 aliphatic rings. The Balaban J connectivity index is 1.36. The van der Waals surface area contributed by atoms with E-state index in [0.717, 1.165) is 10.9 Å². The first-order valence-electron chi connectivity index (χ1n) is 9.75. The lowest BCUT2D eigenvalue weighted by molar-refractivity contribution is -0.385. The van der Waals surface area contributed by atoms with Crippen molar-refractivity contribution in [2.75, 3.05) is 31.9 Å². The fraction of sp³-hybridized carbons (Fsp3) is 0.286. The molecule has 30 heavy (non-hydrogen) atoms. The molecule has 1 saturated heterocycles. The first kappa shape index (κ1) is 19.7. The molecule has 1 amide bonds. The third-order valence-corrected chi connectivity index (χ3v) is 5.30. The number of hydrogen-bond acceptors (Lipinski definition) is 7. The predicted molar refractivity (Wildman–Crippen MR) is 113 cm³/mol. The lowest BCUT2D eigenvalue weighted by Gasteiger charge is -2.34. The third kappa shape index (κ3) is 4.20. The molecular formula is C21H22N6O3. The van der Waals surface area contributed by atoms with Crippen LogP contribution in [0.5, 0.6) is 0 Å². The molecule has 0 atom stereocenters. The van der Waals surface area contributed by atoms with Crippen molar-refractivity contribution in [2.24, 2.45) is 0 Å². The molecule has 1 fully saturated rings. The minimum absolute atomic E-state index is 0.0180. The molecule has 154 valence electrons. The standard InChI is InChI=1S/C21H22N6O3/c22-21-16-6-2-3-7-17(16)23-19(24-21)14-25-9-11-26(12-10-25)20(28)13-15-5-1-4-8-18(15)27(29)30/h1-8H,9-14H2,(H2,22,23,24). The number of nitrogens with two attached hydrogens (primary N) is 1. The summed E-state index contributed by atoms with van der Waals surface area (Å²) in [5.74, 6) is 1.02. The highest BCUT2D eigenvalue weighted by molar-refractivity contribution is 5.87. The molecule has 3 aromatic rings. The molecule has 2 N–H and O–H groups in total. The van der Waals surface area contributed by atoms with E-state index in [0.29, 0.717) is 49.9 Å². The lowest BCUT2D eigenvalue weighted by atomic mass is 10.1. The topological polar surface area (TPSA) is 118 Å². The summed E-state index contributed by atoms with van der Waals surface area (Å²) in [7, 11) is 0. The van der Waals surface area contributed by atoms with Gasteiger partial charge in [0.1, 0.15) is 11.6 Å². The highest BCUT2D eigenvalue weighted by Crippen LogP contribution is 2.20. The molecule has 0 saturated carbocycles. The maximum absolute atomic E-state index is 12.6. The first-order valence-corrected chi connectivity index (χ1v) is 9.75. The summed E-state index contributed by atoms with van der Waals surface area (Å²) in [6, 6.07) is 14.0. The van der Waals surface area contributed by atoms with E-state index in [-0.39, 0.29) is 18.0 Å². The zero-order valence-electron chi connectivity index (χ0n) is 16.4. The average Bonchev–Trinajstić information content (AvgIpc) is 2.74. The van der Waals surface area contributed by atoms with E-state index in [1.807, 2.05) is 24.3 Å². The third-order valence-electron chi connectivity index (χ3n) is 5.30. The summed E-state index contributed by atoms with van der Waals surface area (Å²) in [6.45, 7) is 3.03. The Hall–Kier alpha value is -3.59. The normalized spacial score (nSPS) is 14.7. The fourth-order valence-corrected chi connectivity index (χ4v) is 3.69. The molecule has 2 aromatic carbocycles. The summed E-state index contributed by atoms with van der Waals surface area (Å²) < 4.78 is 0. The van der Waals surface area contributed by atoms with E-state index in [2.05, 4.69) is 14.9 Å². The van der Waals surface area contributed by atoms with Gasteiger partial charge in [0, 0.05) is 43.2 Å². The zero-order chi connectivity index (χ0) is 21.1. The van der Waals surface area contributed by atoms with Crippen LogP contribution in [0.4, 0.5) is 11.5 Å². The number of nitro benzene ring substituents is 1. The van der Waals surface area contributed by atoms with Gasteiger partial charge in [-0.15, -0.1) is 0 Å². The Bertz CT molecular complexity index is 1100. The van der Waals surface area contributed by atoms with Gasteiger partial charge in [-0.3, -0.25) is 19.8 Å². The molecule has 0 spiro atoms. The van der Waals surface area contributed by atoms with Crippen LogP contribution in [-0.2, 0) is 17.8 Å². The van der Waals surface area contributed by atoms with Crippen molar-refractivity contribution in [3.05, 3.63) is 70.0 Å². The number of hydrogen-bond donors (Lipinski definition) is 1. The molecule has 1 aliphatic heterocycles. The molecule has 0 unspecified atom stereocenters. The quantitative estimate of drug-likeness (QED) is 0.508. The van der Waals surface area contributed by atoms with Gasteiger partial charge in [-0.05, 0) is 12.1 Å². The summed E-state index contributed by atoms with van der Waals surface area (Å²) in [6.07, 6.45) is 0.0292. The van der Waals surface area contributed by atoms with Crippen molar-refractivity contribution in [3.63, 3.8) is 0 Å². The van der Waals surface area contributed by atoms with Crippen LogP contribution >= 0.6 is 0 Å². The van der Waals surface area contributed by atoms with Gasteiger partial charge in [0.2, 0.25) is 5.91 Å². The van der Waals surface area contributed by atoms with Crippen LogP contribution in [0.2, 0.25) is 0 Å². The number of aromatic nitrogens is 2. The molecule has 0 radical (unpaired) electrons. The number of fused-ring (bicyclic) bond motifs is 1. The van der Waals surface area contributed by atoms with Crippen LogP contribution in [0.25, 0.3) is 10.9 Å². The van der Waals surface area contributed by atoms with Crippen molar-refractivity contribution in [3.8, 4) is 0 Å². The second kappa shape index (κ2) is 8.42. The Labute approximate surface area is 173 Å². The Morgan fingerprint density at radius 3 is 2.50 bits per heavy atom. The van der Waals surface area contributed by atoms with Crippen LogP contribution in [0.15, 0.2) is 48.5 Å². The number of anilines is 1. The molecule has 4 rings (SSSR count). The highest BCUT2D eigenvalue weighted by atomic mass is 16.6. The van der Waals surface area contributed by atoms with Gasteiger partial charge < -0.3 is 10.6 Å². The van der Waals surface area contributed by atoms with Gasteiger partial charge in [0.25, 0.3) is 5.69 Å². The summed E-state index contributed by atoms with van der Waals surface area (Å²) >= 11 is 0. The molecule has 9 heteroatoms. The van der Waals surface area contributed by atoms with Gasteiger partial charge >= 0.3 is 0 Å². The van der Waals surface area contributed by atoms with Gasteiger partial charge in [-0.2, -0.15) is 0 Å². The van der Waals surface area contributed by atoms with Crippen LogP contribution in [0.3, 0.4) is 0 Å². The highest BCUT2D eigenvalue weighted by Gasteiger charge is 2.24. The number of nitrogen functional groups attached to an aromatic ring is 1. The van der Waals surface area contributed by atoms with Gasteiger partial charge in [0.15, 0.2) is 0 Å².